The lowest BCUT2D eigenvalue weighted by molar-refractivity contribution is -0.126. The summed E-state index contributed by atoms with van der Waals surface area (Å²) in [5.41, 5.74) is 0.846. The van der Waals surface area contributed by atoms with Crippen LogP contribution in [0.1, 0.15) is 30.3 Å². The molecule has 1 fully saturated rings. The molecule has 1 atom stereocenters. The van der Waals surface area contributed by atoms with Gasteiger partial charge in [-0.15, -0.1) is 0 Å². The Bertz CT molecular complexity index is 1220. The molecule has 0 spiro atoms. The van der Waals surface area contributed by atoms with Gasteiger partial charge in [0.25, 0.3) is 0 Å². The molecule has 1 aliphatic heterocycles. The smallest absolute Gasteiger partial charge is 0.243 e. The number of carbonyl (C=O) groups is 1. The van der Waals surface area contributed by atoms with Crippen LogP contribution in [0.15, 0.2) is 65.8 Å². The second-order valence-electron chi connectivity index (χ2n) is 8.02. The van der Waals surface area contributed by atoms with E-state index in [2.05, 4.69) is 10.3 Å². The van der Waals surface area contributed by atoms with Gasteiger partial charge in [0, 0.05) is 43.5 Å². The highest BCUT2D eigenvalue weighted by molar-refractivity contribution is 7.89. The lowest BCUT2D eigenvalue weighted by Crippen LogP contribution is -2.44. The minimum absolute atomic E-state index is 0.0457. The number of carbonyl (C=O) groups excluding carboxylic acids is 1. The largest absolute Gasteiger partial charge is 0.342 e. The number of hydrogen-bond donors (Lipinski definition) is 1. The van der Waals surface area contributed by atoms with Gasteiger partial charge in [-0.3, -0.25) is 4.79 Å². The van der Waals surface area contributed by atoms with Crippen LogP contribution >= 0.6 is 11.6 Å². The van der Waals surface area contributed by atoms with Crippen LogP contribution < -0.4 is 5.32 Å². The van der Waals surface area contributed by atoms with Crippen LogP contribution in [0.5, 0.6) is 0 Å². The fourth-order valence-corrected chi connectivity index (χ4v) is 5.58. The Kier molecular flexibility index (Phi) is 6.83. The molecular weight excluding hydrogens is 467 g/mol. The standard InChI is InChI=1S/C23H24ClFN4O3S/c1-28-15-12-26-22(28)21(16-2-4-18(24)5-3-16)27-23(30)17-10-13-29(14-11-17)33(31,32)20-8-6-19(25)7-9-20/h2-9,12,15,17,21H,10-11,13-14H2,1H3,(H,27,30)/t21-/m1/s1. The third-order valence-electron chi connectivity index (χ3n) is 5.88. The molecule has 10 heteroatoms. The van der Waals surface area contributed by atoms with Crippen molar-refractivity contribution in [2.24, 2.45) is 13.0 Å². The Hall–Kier alpha value is -2.75. The van der Waals surface area contributed by atoms with Gasteiger partial charge < -0.3 is 9.88 Å². The van der Waals surface area contributed by atoms with Crippen molar-refractivity contribution in [2.75, 3.05) is 13.1 Å². The van der Waals surface area contributed by atoms with Crippen molar-refractivity contribution >= 4 is 27.5 Å². The average molecular weight is 491 g/mol. The lowest BCUT2D eigenvalue weighted by atomic mass is 9.96. The molecule has 1 N–H and O–H groups in total. The van der Waals surface area contributed by atoms with Crippen LogP contribution in [0.4, 0.5) is 4.39 Å². The maximum Gasteiger partial charge on any atom is 0.243 e. The molecule has 3 aromatic rings. The molecular formula is C23H24ClFN4O3S. The highest BCUT2D eigenvalue weighted by Crippen LogP contribution is 2.27. The van der Waals surface area contributed by atoms with E-state index in [0.717, 1.165) is 17.7 Å². The summed E-state index contributed by atoms with van der Waals surface area (Å²) in [6.07, 6.45) is 4.26. The lowest BCUT2D eigenvalue weighted by Gasteiger charge is -2.31. The van der Waals surface area contributed by atoms with E-state index in [1.807, 2.05) is 29.9 Å². The molecule has 0 radical (unpaired) electrons. The van der Waals surface area contributed by atoms with E-state index in [-0.39, 0.29) is 29.8 Å². The van der Waals surface area contributed by atoms with Gasteiger partial charge >= 0.3 is 0 Å². The van der Waals surface area contributed by atoms with E-state index >= 15 is 0 Å². The van der Waals surface area contributed by atoms with Gasteiger partial charge in [0.1, 0.15) is 17.7 Å². The topological polar surface area (TPSA) is 84.3 Å². The Labute approximate surface area is 197 Å². The van der Waals surface area contributed by atoms with Gasteiger partial charge in [0.2, 0.25) is 15.9 Å². The third kappa shape index (κ3) is 5.10. The number of piperidine rings is 1. The fraction of sp³-hybridized carbons (Fsp3) is 0.304. The van der Waals surface area contributed by atoms with Gasteiger partial charge in [-0.25, -0.2) is 17.8 Å². The number of nitrogens with zero attached hydrogens (tertiary/aromatic N) is 3. The SMILES string of the molecule is Cn1ccnc1[C@H](NC(=O)C1CCN(S(=O)(=O)c2ccc(F)cc2)CC1)c1ccc(Cl)cc1. The molecule has 0 unspecified atom stereocenters. The van der Waals surface area contributed by atoms with Crippen LogP contribution in [0, 0.1) is 11.7 Å². The number of hydrogen-bond acceptors (Lipinski definition) is 4. The molecule has 2 heterocycles. The first-order chi connectivity index (χ1) is 15.8. The summed E-state index contributed by atoms with van der Waals surface area (Å²) in [6.45, 7) is 0.428. The van der Waals surface area contributed by atoms with Crippen molar-refractivity contribution in [2.45, 2.75) is 23.8 Å². The van der Waals surface area contributed by atoms with E-state index in [1.54, 1.807) is 18.3 Å². The number of sulfonamides is 1. The van der Waals surface area contributed by atoms with Gasteiger partial charge in [-0.1, -0.05) is 23.7 Å². The summed E-state index contributed by atoms with van der Waals surface area (Å²) >= 11 is 6.02. The minimum Gasteiger partial charge on any atom is -0.342 e. The van der Waals surface area contributed by atoms with Crippen LogP contribution in [0.3, 0.4) is 0 Å². The Morgan fingerprint density at radius 3 is 2.33 bits per heavy atom. The monoisotopic (exact) mass is 490 g/mol. The van der Waals surface area contributed by atoms with Crippen LogP contribution in [-0.4, -0.2) is 41.3 Å². The number of benzene rings is 2. The fourth-order valence-electron chi connectivity index (χ4n) is 3.98. The third-order valence-corrected chi connectivity index (χ3v) is 8.05. The summed E-state index contributed by atoms with van der Waals surface area (Å²) < 4.78 is 42.0. The second kappa shape index (κ2) is 9.62. The van der Waals surface area contributed by atoms with Crippen molar-refractivity contribution < 1.29 is 17.6 Å². The van der Waals surface area contributed by atoms with Crippen molar-refractivity contribution in [1.82, 2.24) is 19.2 Å². The molecule has 0 aliphatic carbocycles. The Morgan fingerprint density at radius 2 is 1.76 bits per heavy atom. The summed E-state index contributed by atoms with van der Waals surface area (Å²) in [7, 11) is -1.87. The predicted octanol–water partition coefficient (Wildman–Crippen LogP) is 3.52. The first kappa shape index (κ1) is 23.4. The zero-order valence-corrected chi connectivity index (χ0v) is 19.6. The quantitative estimate of drug-likeness (QED) is 0.573. The number of aryl methyl sites for hydroxylation is 1. The van der Waals surface area contributed by atoms with Crippen LogP contribution in [-0.2, 0) is 21.9 Å². The Morgan fingerprint density at radius 1 is 1.12 bits per heavy atom. The van der Waals surface area contributed by atoms with Crippen LogP contribution in [0.2, 0.25) is 5.02 Å². The minimum atomic E-state index is -3.73. The predicted molar refractivity (Wildman–Crippen MR) is 123 cm³/mol. The van der Waals surface area contributed by atoms with Crippen molar-refractivity contribution in [3.05, 3.63) is 83.2 Å². The highest BCUT2D eigenvalue weighted by Gasteiger charge is 2.33. The molecule has 1 aromatic heterocycles. The normalized spacial score (nSPS) is 16.5. The first-order valence-corrected chi connectivity index (χ1v) is 12.4. The van der Waals surface area contributed by atoms with Crippen molar-refractivity contribution in [1.29, 1.82) is 0 Å². The molecule has 1 amide bonds. The number of imidazole rings is 1. The van der Waals surface area contributed by atoms with E-state index < -0.39 is 21.9 Å². The van der Waals surface area contributed by atoms with Crippen molar-refractivity contribution in [3.8, 4) is 0 Å². The number of rotatable bonds is 6. The van der Waals surface area contributed by atoms with E-state index in [1.165, 1.54) is 16.4 Å². The maximum absolute atomic E-state index is 13.2. The first-order valence-electron chi connectivity index (χ1n) is 10.5. The van der Waals surface area contributed by atoms with Gasteiger partial charge in [0.05, 0.1) is 4.90 Å². The number of amides is 1. The van der Waals surface area contributed by atoms with Crippen LogP contribution in [0.25, 0.3) is 0 Å². The van der Waals surface area contributed by atoms with E-state index in [4.69, 9.17) is 11.6 Å². The summed E-state index contributed by atoms with van der Waals surface area (Å²) in [4.78, 5) is 17.6. The highest BCUT2D eigenvalue weighted by atomic mass is 35.5. The molecule has 33 heavy (non-hydrogen) atoms. The Balaban J connectivity index is 1.45. The molecule has 174 valence electrons. The zero-order valence-electron chi connectivity index (χ0n) is 18.0. The second-order valence-corrected chi connectivity index (χ2v) is 10.4. The van der Waals surface area contributed by atoms with Gasteiger partial charge in [-0.05, 0) is 54.8 Å². The summed E-state index contributed by atoms with van der Waals surface area (Å²) in [6, 6.07) is 11.5. The molecule has 0 saturated carbocycles. The van der Waals surface area contributed by atoms with Gasteiger partial charge in [0.15, 0.2) is 0 Å². The molecule has 0 bridgehead atoms. The molecule has 2 aromatic carbocycles. The summed E-state index contributed by atoms with van der Waals surface area (Å²) in [5.74, 6) is -0.300. The van der Waals surface area contributed by atoms with Gasteiger partial charge in [-0.2, -0.15) is 4.31 Å². The zero-order chi connectivity index (χ0) is 23.6. The molecule has 1 aliphatic rings. The molecule has 7 nitrogen and oxygen atoms in total. The van der Waals surface area contributed by atoms with Crippen molar-refractivity contribution in [3.63, 3.8) is 0 Å². The van der Waals surface area contributed by atoms with E-state index in [9.17, 15) is 17.6 Å². The van der Waals surface area contributed by atoms with E-state index in [0.29, 0.717) is 23.7 Å². The summed E-state index contributed by atoms with van der Waals surface area (Å²) in [5, 5.41) is 3.68. The maximum atomic E-state index is 13.2. The average Bonchev–Trinajstić information content (AvgIpc) is 3.24. The number of nitrogens with one attached hydrogen (secondary N) is 1. The number of aromatic nitrogens is 2. The number of halogens is 2. The molecule has 4 rings (SSSR count). The molecule has 1 saturated heterocycles.